The summed E-state index contributed by atoms with van der Waals surface area (Å²) in [7, 11) is 0. The molecule has 0 fully saturated rings. The molecule has 1 rings (SSSR count). The Labute approximate surface area is 101 Å². The molecule has 0 aromatic heterocycles. The van der Waals surface area contributed by atoms with Crippen LogP contribution in [0.5, 0.6) is 0 Å². The lowest BCUT2D eigenvalue weighted by Crippen LogP contribution is -2.45. The molecule has 4 heteroatoms. The lowest BCUT2D eigenvalue weighted by molar-refractivity contribution is 0.397. The fourth-order valence-corrected chi connectivity index (χ4v) is 1.38. The number of rotatable bonds is 4. The van der Waals surface area contributed by atoms with E-state index in [4.69, 9.17) is 28.9 Å². The van der Waals surface area contributed by atoms with Gasteiger partial charge in [0.15, 0.2) is 0 Å². The minimum atomic E-state index is -0.0634. The van der Waals surface area contributed by atoms with Crippen LogP contribution in [0.15, 0.2) is 18.2 Å². The summed E-state index contributed by atoms with van der Waals surface area (Å²) in [5.74, 6) is 0. The SMILES string of the molecule is CC(C)(CN)NCc1ccc(Cl)c(Cl)c1. The van der Waals surface area contributed by atoms with Crippen LogP contribution in [0.1, 0.15) is 19.4 Å². The predicted molar refractivity (Wildman–Crippen MR) is 66.4 cm³/mol. The Kier molecular flexibility index (Phi) is 4.41. The van der Waals surface area contributed by atoms with E-state index in [9.17, 15) is 0 Å². The molecule has 0 amide bonds. The molecule has 0 spiro atoms. The molecule has 3 N–H and O–H groups in total. The van der Waals surface area contributed by atoms with Crippen molar-refractivity contribution in [3.05, 3.63) is 33.8 Å². The summed E-state index contributed by atoms with van der Waals surface area (Å²) >= 11 is 11.7. The van der Waals surface area contributed by atoms with E-state index in [0.717, 1.165) is 12.1 Å². The normalized spacial score (nSPS) is 11.8. The number of benzene rings is 1. The van der Waals surface area contributed by atoms with Gasteiger partial charge >= 0.3 is 0 Å². The quantitative estimate of drug-likeness (QED) is 0.858. The van der Waals surface area contributed by atoms with Gasteiger partial charge < -0.3 is 11.1 Å². The number of nitrogens with one attached hydrogen (secondary N) is 1. The summed E-state index contributed by atoms with van der Waals surface area (Å²) in [5.41, 5.74) is 6.65. The summed E-state index contributed by atoms with van der Waals surface area (Å²) < 4.78 is 0. The number of halogens is 2. The molecule has 0 saturated heterocycles. The van der Waals surface area contributed by atoms with Gasteiger partial charge in [0.25, 0.3) is 0 Å². The molecule has 1 aromatic rings. The molecule has 0 radical (unpaired) electrons. The molecular weight excluding hydrogens is 231 g/mol. The second-order valence-electron chi connectivity index (χ2n) is 4.19. The highest BCUT2D eigenvalue weighted by Gasteiger charge is 2.13. The van der Waals surface area contributed by atoms with E-state index in [1.165, 1.54) is 0 Å². The zero-order valence-corrected chi connectivity index (χ0v) is 10.5. The molecule has 0 saturated carbocycles. The van der Waals surface area contributed by atoms with Crippen molar-refractivity contribution in [3.8, 4) is 0 Å². The maximum Gasteiger partial charge on any atom is 0.0595 e. The van der Waals surface area contributed by atoms with Crippen LogP contribution in [0.4, 0.5) is 0 Å². The number of hydrogen-bond acceptors (Lipinski definition) is 2. The highest BCUT2D eigenvalue weighted by molar-refractivity contribution is 6.42. The minimum absolute atomic E-state index is 0.0634. The summed E-state index contributed by atoms with van der Waals surface area (Å²) in [4.78, 5) is 0. The van der Waals surface area contributed by atoms with E-state index in [2.05, 4.69) is 19.2 Å². The minimum Gasteiger partial charge on any atom is -0.329 e. The van der Waals surface area contributed by atoms with Crippen LogP contribution in [0.25, 0.3) is 0 Å². The van der Waals surface area contributed by atoms with Crippen molar-refractivity contribution in [1.82, 2.24) is 5.32 Å². The van der Waals surface area contributed by atoms with Crippen LogP contribution in [0, 0.1) is 0 Å². The van der Waals surface area contributed by atoms with Crippen molar-refractivity contribution in [2.75, 3.05) is 6.54 Å². The van der Waals surface area contributed by atoms with E-state index in [1.54, 1.807) is 6.07 Å². The lowest BCUT2D eigenvalue weighted by atomic mass is 10.1. The second kappa shape index (κ2) is 5.17. The van der Waals surface area contributed by atoms with Gasteiger partial charge in [-0.1, -0.05) is 29.3 Å². The first kappa shape index (κ1) is 12.8. The third-order valence-corrected chi connectivity index (χ3v) is 3.00. The Morgan fingerprint density at radius 1 is 1.27 bits per heavy atom. The molecule has 2 nitrogen and oxygen atoms in total. The average Bonchev–Trinajstić information content (AvgIpc) is 2.20. The van der Waals surface area contributed by atoms with Gasteiger partial charge in [-0.3, -0.25) is 0 Å². The van der Waals surface area contributed by atoms with E-state index in [1.807, 2.05) is 12.1 Å². The van der Waals surface area contributed by atoms with Crippen LogP contribution in [-0.4, -0.2) is 12.1 Å². The standard InChI is InChI=1S/C11H16Cl2N2/c1-11(2,7-14)15-6-8-3-4-9(12)10(13)5-8/h3-5,15H,6-7,14H2,1-2H3. The summed E-state index contributed by atoms with van der Waals surface area (Å²) in [6, 6.07) is 5.62. The van der Waals surface area contributed by atoms with Crippen molar-refractivity contribution in [2.24, 2.45) is 5.73 Å². The fourth-order valence-electron chi connectivity index (χ4n) is 1.06. The fraction of sp³-hybridized carbons (Fsp3) is 0.455. The Morgan fingerprint density at radius 2 is 1.93 bits per heavy atom. The van der Waals surface area contributed by atoms with Crippen molar-refractivity contribution in [1.29, 1.82) is 0 Å². The lowest BCUT2D eigenvalue weighted by Gasteiger charge is -2.24. The van der Waals surface area contributed by atoms with E-state index in [-0.39, 0.29) is 5.54 Å². The van der Waals surface area contributed by atoms with Crippen molar-refractivity contribution >= 4 is 23.2 Å². The number of hydrogen-bond donors (Lipinski definition) is 2. The van der Waals surface area contributed by atoms with Gasteiger partial charge in [-0.2, -0.15) is 0 Å². The molecule has 0 atom stereocenters. The number of nitrogens with two attached hydrogens (primary N) is 1. The van der Waals surface area contributed by atoms with Crippen LogP contribution in [-0.2, 0) is 6.54 Å². The van der Waals surface area contributed by atoms with Gasteiger partial charge in [-0.05, 0) is 31.5 Å². The zero-order valence-electron chi connectivity index (χ0n) is 8.98. The summed E-state index contributed by atoms with van der Waals surface area (Å²) in [5, 5.41) is 4.51. The van der Waals surface area contributed by atoms with E-state index >= 15 is 0 Å². The van der Waals surface area contributed by atoms with Gasteiger partial charge in [0.1, 0.15) is 0 Å². The Balaban J connectivity index is 2.62. The first-order chi connectivity index (χ1) is 6.94. The summed E-state index contributed by atoms with van der Waals surface area (Å²) in [6.45, 7) is 5.45. The van der Waals surface area contributed by atoms with Gasteiger partial charge in [-0.25, -0.2) is 0 Å². The molecule has 1 aromatic carbocycles. The summed E-state index contributed by atoms with van der Waals surface area (Å²) in [6.07, 6.45) is 0. The first-order valence-electron chi connectivity index (χ1n) is 4.83. The molecule has 0 aliphatic carbocycles. The average molecular weight is 247 g/mol. The first-order valence-corrected chi connectivity index (χ1v) is 5.59. The predicted octanol–water partition coefficient (Wildman–Crippen LogP) is 2.82. The van der Waals surface area contributed by atoms with Crippen LogP contribution >= 0.6 is 23.2 Å². The highest BCUT2D eigenvalue weighted by atomic mass is 35.5. The monoisotopic (exact) mass is 246 g/mol. The van der Waals surface area contributed by atoms with Crippen LogP contribution in [0.3, 0.4) is 0 Å². The third-order valence-electron chi connectivity index (χ3n) is 2.27. The Bertz CT molecular complexity index is 337. The topological polar surface area (TPSA) is 38.0 Å². The zero-order chi connectivity index (χ0) is 11.5. The molecule has 0 heterocycles. The molecule has 0 aliphatic heterocycles. The Morgan fingerprint density at radius 3 is 2.47 bits per heavy atom. The highest BCUT2D eigenvalue weighted by Crippen LogP contribution is 2.22. The smallest absolute Gasteiger partial charge is 0.0595 e. The van der Waals surface area contributed by atoms with Gasteiger partial charge in [-0.15, -0.1) is 0 Å². The molecule has 0 unspecified atom stereocenters. The van der Waals surface area contributed by atoms with E-state index < -0.39 is 0 Å². The van der Waals surface area contributed by atoms with Crippen molar-refractivity contribution in [2.45, 2.75) is 25.9 Å². The van der Waals surface area contributed by atoms with Crippen LogP contribution in [0.2, 0.25) is 10.0 Å². The molecular formula is C11H16Cl2N2. The van der Waals surface area contributed by atoms with Crippen molar-refractivity contribution < 1.29 is 0 Å². The van der Waals surface area contributed by atoms with E-state index in [0.29, 0.717) is 16.6 Å². The molecule has 0 bridgehead atoms. The van der Waals surface area contributed by atoms with Crippen LogP contribution < -0.4 is 11.1 Å². The third kappa shape index (κ3) is 3.99. The molecule has 84 valence electrons. The van der Waals surface area contributed by atoms with Gasteiger partial charge in [0.2, 0.25) is 0 Å². The molecule has 15 heavy (non-hydrogen) atoms. The largest absolute Gasteiger partial charge is 0.329 e. The maximum absolute atomic E-state index is 5.91. The van der Waals surface area contributed by atoms with Crippen molar-refractivity contribution in [3.63, 3.8) is 0 Å². The van der Waals surface area contributed by atoms with Gasteiger partial charge in [0, 0.05) is 18.6 Å². The second-order valence-corrected chi connectivity index (χ2v) is 5.00. The van der Waals surface area contributed by atoms with Gasteiger partial charge in [0.05, 0.1) is 10.0 Å². The Hall–Kier alpha value is -0.280. The molecule has 0 aliphatic rings. The maximum atomic E-state index is 5.91.